The number of hydrogen-bond donors (Lipinski definition) is 0. The predicted molar refractivity (Wildman–Crippen MR) is 86.1 cm³/mol. The topological polar surface area (TPSA) is 40.6 Å². The average Bonchev–Trinajstić information content (AvgIpc) is 2.89. The monoisotopic (exact) mass is 344 g/mol. The van der Waals surface area contributed by atoms with Crippen molar-refractivity contribution in [1.29, 1.82) is 0 Å². The molecule has 3 rings (SSSR count). The van der Waals surface area contributed by atoms with Gasteiger partial charge in [-0.25, -0.2) is 4.79 Å². The van der Waals surface area contributed by atoms with Crippen LogP contribution < -0.4 is 9.80 Å². The van der Waals surface area contributed by atoms with Crippen LogP contribution in [0.25, 0.3) is 0 Å². The molecular weight excluding hydrogens is 332 g/mol. The highest BCUT2D eigenvalue weighted by atomic mass is 79.9. The molecule has 4 nitrogen and oxygen atoms in total. The molecular formula is C16H13BrN2O2. The maximum Gasteiger partial charge on any atom is 0.329 e. The molecule has 1 heterocycles. The van der Waals surface area contributed by atoms with Crippen LogP contribution in [-0.4, -0.2) is 25.4 Å². The first kappa shape index (κ1) is 13.8. The van der Waals surface area contributed by atoms with E-state index in [-0.39, 0.29) is 6.03 Å². The number of benzene rings is 2. The molecule has 0 bridgehead atoms. The molecule has 1 fully saturated rings. The van der Waals surface area contributed by atoms with Crippen LogP contribution in [0.3, 0.4) is 0 Å². The summed E-state index contributed by atoms with van der Waals surface area (Å²) in [5, 5.41) is 0. The minimum Gasteiger partial charge on any atom is -0.298 e. The van der Waals surface area contributed by atoms with Crippen LogP contribution in [0.1, 0.15) is 10.4 Å². The zero-order valence-electron chi connectivity index (χ0n) is 11.2. The lowest BCUT2D eigenvalue weighted by atomic mass is 10.2. The molecule has 21 heavy (non-hydrogen) atoms. The fraction of sp³-hybridized carbons (Fsp3) is 0.125. The highest BCUT2D eigenvalue weighted by molar-refractivity contribution is 9.10. The number of nitrogens with zero attached hydrogens (tertiary/aromatic N) is 2. The summed E-state index contributed by atoms with van der Waals surface area (Å²) in [5.41, 5.74) is 2.29. The van der Waals surface area contributed by atoms with Gasteiger partial charge in [0.2, 0.25) is 0 Å². The molecule has 0 spiro atoms. The van der Waals surface area contributed by atoms with Crippen molar-refractivity contribution in [1.82, 2.24) is 0 Å². The first-order valence-electron chi connectivity index (χ1n) is 6.59. The number of carbonyl (C=O) groups is 2. The molecule has 0 aliphatic carbocycles. The Balaban J connectivity index is 1.84. The lowest BCUT2D eigenvalue weighted by molar-refractivity contribution is 0.112. The first-order valence-corrected chi connectivity index (χ1v) is 7.38. The van der Waals surface area contributed by atoms with Crippen molar-refractivity contribution < 1.29 is 9.59 Å². The van der Waals surface area contributed by atoms with Crippen molar-refractivity contribution in [2.24, 2.45) is 0 Å². The van der Waals surface area contributed by atoms with Crippen molar-refractivity contribution in [3.8, 4) is 0 Å². The van der Waals surface area contributed by atoms with E-state index in [0.717, 1.165) is 22.1 Å². The maximum absolute atomic E-state index is 12.5. The second-order valence-electron chi connectivity index (χ2n) is 4.78. The summed E-state index contributed by atoms with van der Waals surface area (Å²) in [6.45, 7) is 1.27. The van der Waals surface area contributed by atoms with Crippen LogP contribution in [0.5, 0.6) is 0 Å². The van der Waals surface area contributed by atoms with Gasteiger partial charge < -0.3 is 0 Å². The van der Waals surface area contributed by atoms with Gasteiger partial charge >= 0.3 is 6.03 Å². The van der Waals surface area contributed by atoms with Crippen LogP contribution in [0.2, 0.25) is 0 Å². The summed E-state index contributed by atoms with van der Waals surface area (Å²) < 4.78 is 0.946. The van der Waals surface area contributed by atoms with E-state index in [2.05, 4.69) is 15.9 Å². The Bertz CT molecular complexity index is 685. The van der Waals surface area contributed by atoms with Gasteiger partial charge in [0.1, 0.15) is 6.29 Å². The van der Waals surface area contributed by atoms with Gasteiger partial charge in [0.25, 0.3) is 0 Å². The summed E-state index contributed by atoms with van der Waals surface area (Å²) in [6, 6.07) is 14.7. The molecule has 0 unspecified atom stereocenters. The molecule has 0 radical (unpaired) electrons. The molecule has 0 aromatic heterocycles. The number of anilines is 2. The molecule has 1 aliphatic rings. The molecule has 0 N–H and O–H groups in total. The van der Waals surface area contributed by atoms with E-state index < -0.39 is 0 Å². The molecule has 2 aromatic carbocycles. The van der Waals surface area contributed by atoms with Gasteiger partial charge in [0, 0.05) is 34.5 Å². The Kier molecular flexibility index (Phi) is 3.75. The number of amides is 2. The van der Waals surface area contributed by atoms with Gasteiger partial charge in [-0.2, -0.15) is 0 Å². The SMILES string of the molecule is O=Cc1ccc(N2CCN(c3cccc(Br)c3)C2=O)cc1. The van der Waals surface area contributed by atoms with Gasteiger partial charge in [0.05, 0.1) is 0 Å². The third kappa shape index (κ3) is 2.69. The Labute approximate surface area is 131 Å². The summed E-state index contributed by atoms with van der Waals surface area (Å²) in [5.74, 6) is 0. The molecule has 0 saturated carbocycles. The number of aldehydes is 1. The lowest BCUT2D eigenvalue weighted by Gasteiger charge is -2.19. The number of carbonyl (C=O) groups excluding carboxylic acids is 2. The summed E-state index contributed by atoms with van der Waals surface area (Å²) in [7, 11) is 0. The number of rotatable bonds is 3. The second-order valence-corrected chi connectivity index (χ2v) is 5.69. The van der Waals surface area contributed by atoms with Crippen molar-refractivity contribution in [3.05, 3.63) is 58.6 Å². The smallest absolute Gasteiger partial charge is 0.298 e. The average molecular weight is 345 g/mol. The Hall–Kier alpha value is -2.14. The zero-order chi connectivity index (χ0) is 14.8. The number of halogens is 1. The van der Waals surface area contributed by atoms with E-state index in [1.54, 1.807) is 34.1 Å². The van der Waals surface area contributed by atoms with E-state index in [4.69, 9.17) is 0 Å². The minimum atomic E-state index is -0.0491. The third-order valence-corrected chi connectivity index (χ3v) is 3.96. The highest BCUT2D eigenvalue weighted by Crippen LogP contribution is 2.27. The maximum atomic E-state index is 12.5. The first-order chi connectivity index (χ1) is 10.2. The van der Waals surface area contributed by atoms with Gasteiger partial charge in [-0.1, -0.05) is 22.0 Å². The van der Waals surface area contributed by atoms with Crippen LogP contribution in [0.4, 0.5) is 16.2 Å². The van der Waals surface area contributed by atoms with Crippen molar-refractivity contribution in [2.45, 2.75) is 0 Å². The summed E-state index contributed by atoms with van der Waals surface area (Å²) in [4.78, 5) is 26.7. The quantitative estimate of drug-likeness (QED) is 0.796. The van der Waals surface area contributed by atoms with E-state index in [9.17, 15) is 9.59 Å². The molecule has 1 aliphatic heterocycles. The van der Waals surface area contributed by atoms with Gasteiger partial charge in [-0.05, 0) is 42.5 Å². The molecule has 2 amide bonds. The number of hydrogen-bond acceptors (Lipinski definition) is 2. The van der Waals surface area contributed by atoms with Crippen LogP contribution in [0, 0.1) is 0 Å². The van der Waals surface area contributed by atoms with E-state index >= 15 is 0 Å². The van der Waals surface area contributed by atoms with Crippen LogP contribution in [0.15, 0.2) is 53.0 Å². The third-order valence-electron chi connectivity index (χ3n) is 3.47. The number of urea groups is 1. The highest BCUT2D eigenvalue weighted by Gasteiger charge is 2.30. The Morgan fingerprint density at radius 1 is 0.952 bits per heavy atom. The fourth-order valence-corrected chi connectivity index (χ4v) is 2.78. The Morgan fingerprint density at radius 2 is 1.62 bits per heavy atom. The zero-order valence-corrected chi connectivity index (χ0v) is 12.8. The predicted octanol–water partition coefficient (Wildman–Crippen LogP) is 3.71. The molecule has 2 aromatic rings. The van der Waals surface area contributed by atoms with Crippen molar-refractivity contribution in [3.63, 3.8) is 0 Å². The molecule has 5 heteroatoms. The largest absolute Gasteiger partial charge is 0.329 e. The van der Waals surface area contributed by atoms with Crippen LogP contribution >= 0.6 is 15.9 Å². The Morgan fingerprint density at radius 3 is 2.24 bits per heavy atom. The van der Waals surface area contributed by atoms with E-state index in [1.807, 2.05) is 24.3 Å². The van der Waals surface area contributed by atoms with E-state index in [1.165, 1.54) is 0 Å². The van der Waals surface area contributed by atoms with Gasteiger partial charge in [-0.15, -0.1) is 0 Å². The lowest BCUT2D eigenvalue weighted by Crippen LogP contribution is -2.31. The fourth-order valence-electron chi connectivity index (χ4n) is 2.39. The minimum absolute atomic E-state index is 0.0491. The summed E-state index contributed by atoms with van der Waals surface area (Å²) >= 11 is 3.42. The van der Waals surface area contributed by atoms with E-state index in [0.29, 0.717) is 18.7 Å². The van der Waals surface area contributed by atoms with Gasteiger partial charge in [0.15, 0.2) is 0 Å². The van der Waals surface area contributed by atoms with Crippen LogP contribution in [-0.2, 0) is 0 Å². The van der Waals surface area contributed by atoms with Crippen molar-refractivity contribution in [2.75, 3.05) is 22.9 Å². The molecule has 0 atom stereocenters. The second kappa shape index (κ2) is 5.69. The molecule has 106 valence electrons. The van der Waals surface area contributed by atoms with Gasteiger partial charge in [-0.3, -0.25) is 14.6 Å². The molecule has 1 saturated heterocycles. The van der Waals surface area contributed by atoms with Crippen molar-refractivity contribution >= 4 is 39.6 Å². The standard InChI is InChI=1S/C16H13BrN2O2/c17-13-2-1-3-15(10-13)19-9-8-18(16(19)21)14-6-4-12(11-20)5-7-14/h1-7,10-11H,8-9H2. The summed E-state index contributed by atoms with van der Waals surface area (Å²) in [6.07, 6.45) is 0.795. The normalized spacial score (nSPS) is 14.6.